The van der Waals surface area contributed by atoms with Crippen molar-refractivity contribution in [2.75, 3.05) is 74.4 Å². The first-order valence-electron chi connectivity index (χ1n) is 39.7. The third-order valence-electron chi connectivity index (χ3n) is 21.2. The first kappa shape index (κ1) is 102. The Balaban J connectivity index is 0.00000680. The van der Waals surface area contributed by atoms with Gasteiger partial charge in [-0.3, -0.25) is 52.7 Å². The number of ketones is 5. The first-order valence-corrected chi connectivity index (χ1v) is 39.7. The Morgan fingerprint density at radius 2 is 1.06 bits per heavy atom. The first-order chi connectivity index (χ1) is 50.4. The normalized spacial score (nSPS) is 24.4. The van der Waals surface area contributed by atoms with Crippen molar-refractivity contribution in [2.45, 2.75) is 282 Å². The molecule has 25 nitrogen and oxygen atoms in total. The van der Waals surface area contributed by atoms with E-state index in [4.69, 9.17) is 4.74 Å². The van der Waals surface area contributed by atoms with Crippen molar-refractivity contribution in [1.29, 1.82) is 0 Å². The molecule has 0 unspecified atom stereocenters. The van der Waals surface area contributed by atoms with Gasteiger partial charge in [-0.25, -0.2) is 0 Å². The summed E-state index contributed by atoms with van der Waals surface area (Å²) in [6.07, 6.45) is 11.1. The van der Waals surface area contributed by atoms with Gasteiger partial charge in [-0.2, -0.15) is 0 Å². The van der Waals surface area contributed by atoms with Crippen molar-refractivity contribution >= 4 is 64.4 Å². The molecule has 25 heteroatoms. The molecule has 1 rings (SSSR count). The number of rotatable bonds is 31. The van der Waals surface area contributed by atoms with Gasteiger partial charge in [0.25, 0.3) is 0 Å². The molecule has 1 fully saturated rings. The Morgan fingerprint density at radius 1 is 0.528 bits per heavy atom. The second-order valence-electron chi connectivity index (χ2n) is 33.0. The number of carbonyl (C=O) groups is 11. The molecule has 0 spiro atoms. The molecule has 0 aromatic rings. The van der Waals surface area contributed by atoms with Crippen LogP contribution < -0.4 is 16.0 Å². The van der Waals surface area contributed by atoms with E-state index in [0.717, 1.165) is 30.6 Å². The summed E-state index contributed by atoms with van der Waals surface area (Å²) in [5.41, 5.74) is -1.63. The number of amides is 6. The quantitative estimate of drug-likeness (QED) is 0.0299. The lowest BCUT2D eigenvalue weighted by molar-refractivity contribution is -0.148. The number of likely N-dealkylation sites (N-methyl/N-ethyl adjacent to an activating group) is 4. The van der Waals surface area contributed by atoms with E-state index in [0.29, 0.717) is 12.3 Å². The number of allylic oxidation sites excluding steroid dienone is 4. The van der Waals surface area contributed by atoms with Gasteiger partial charge in [-0.05, 0) is 120 Å². The van der Waals surface area contributed by atoms with Crippen LogP contribution in [0.4, 0.5) is 0 Å². The van der Waals surface area contributed by atoms with Crippen molar-refractivity contribution in [3.63, 3.8) is 0 Å². The molecule has 0 aromatic heterocycles. The topological polar surface area (TPSA) is 367 Å². The standard InChI is InChI=1S/C70H121N7O16.C13H26O2/c1-21-23-26-46(13)64(87)52-37-59(84)62(45(11)12)77(20)68(91)50(31-41(3)4)35-58(83)55(33-43(7)8)74(17)67(90)48(15)72-65(88)47(14)34-57(82)54(32-42(5)6)75(18)69(92)51(44(9)10)36-60(85)63(49(16)93-30-25-24-29-71-70(38-78,39-79)40-80)76(19)61(86)28-27-56(81)53(22-2)73-66(52)89;1-4-13(10-14,11-15)9-7-5-6-8-12(2)3/h21,23-25,41-55,62-64,71,78-80,87H,22,26-40H2,1-20H3,(H,72,88)(H,73,89);5-6,12,14-15H,4,7-11H2,1-3H3/b23-21+,25-24+;6-5+/t46-,47-,48-,49-,50-,51+,52+,53+,54+,55+,62+,63+,64-;/m1./s1. The van der Waals surface area contributed by atoms with E-state index in [-0.39, 0.29) is 88.1 Å². The fraction of sp³-hybridized carbons (Fsp3) is 0.795. The van der Waals surface area contributed by atoms with Gasteiger partial charge in [0, 0.05) is 96.4 Å². The van der Waals surface area contributed by atoms with Crippen LogP contribution in [0.5, 0.6) is 0 Å². The Labute approximate surface area is 648 Å². The van der Waals surface area contributed by atoms with Gasteiger partial charge >= 0.3 is 0 Å². The summed E-state index contributed by atoms with van der Waals surface area (Å²) in [7, 11) is 5.79. The number of carbonyl (C=O) groups excluding carboxylic acids is 11. The number of Topliss-reactive ketones (excluding diaryl/α,β-unsaturated/α-hetero) is 5. The van der Waals surface area contributed by atoms with E-state index in [1.165, 1.54) is 56.7 Å². The zero-order chi connectivity index (χ0) is 83.3. The summed E-state index contributed by atoms with van der Waals surface area (Å²) < 4.78 is 6.15. The average Bonchev–Trinajstić information content (AvgIpc) is 0.825. The molecule has 622 valence electrons. The predicted molar refractivity (Wildman–Crippen MR) is 422 cm³/mol. The van der Waals surface area contributed by atoms with Crippen LogP contribution in [0, 0.1) is 70.5 Å². The van der Waals surface area contributed by atoms with Crippen molar-refractivity contribution in [3.05, 3.63) is 36.5 Å². The van der Waals surface area contributed by atoms with Gasteiger partial charge in [0.1, 0.15) is 12.1 Å². The zero-order valence-corrected chi connectivity index (χ0v) is 70.4. The van der Waals surface area contributed by atoms with E-state index < -0.39 is 205 Å². The molecule has 1 aliphatic heterocycles. The van der Waals surface area contributed by atoms with E-state index >= 15 is 0 Å². The van der Waals surface area contributed by atoms with E-state index in [9.17, 15) is 83.4 Å². The van der Waals surface area contributed by atoms with Gasteiger partial charge in [-0.15, -0.1) is 0 Å². The predicted octanol–water partition coefficient (Wildman–Crippen LogP) is 7.81. The lowest BCUT2D eigenvalue weighted by Gasteiger charge is -2.36. The van der Waals surface area contributed by atoms with Gasteiger partial charge in [0.05, 0.1) is 87.5 Å². The molecule has 108 heavy (non-hydrogen) atoms. The SMILES string of the molecule is C/C=C/C[C@@H](C)[C@@H](O)[C@@H]1CC(=O)[C@H](C(C)C)N(C)C(=O)[C@H](CC(C)C)CC(=O)[C@H](CC(C)C)N(C)C(=O)[C@@H](C)NC(=O)[C@H](C)CC(=O)[C@H](CC(C)C)N(C)C(=O)[C@H](C(C)C)CC(=O)[C@H]([C@@H](C)OC/C=C/CNC(CO)(CO)CO)N(C)C(=O)CCC(=O)[C@H](CC)NC1=O.CCC(CO)(CO)CC/C=C/CC(C)C. The smallest absolute Gasteiger partial charge is 0.245 e. The molecular weight excluding hydrogens is 1380 g/mol. The number of nitrogens with zero attached hydrogens (tertiary/aromatic N) is 4. The Morgan fingerprint density at radius 3 is 1.54 bits per heavy atom. The fourth-order valence-corrected chi connectivity index (χ4v) is 13.7. The number of ether oxygens (including phenoxy) is 1. The molecule has 6 amide bonds. The van der Waals surface area contributed by atoms with Gasteiger partial charge < -0.3 is 70.9 Å². The van der Waals surface area contributed by atoms with Crippen molar-refractivity contribution in [3.8, 4) is 0 Å². The van der Waals surface area contributed by atoms with Gasteiger partial charge in [0.15, 0.2) is 28.9 Å². The van der Waals surface area contributed by atoms with Crippen LogP contribution in [0.15, 0.2) is 36.5 Å². The van der Waals surface area contributed by atoms with Crippen LogP contribution in [-0.4, -0.2) is 243 Å². The maximum atomic E-state index is 15.0. The minimum atomic E-state index is -1.42. The van der Waals surface area contributed by atoms with Crippen LogP contribution >= 0.6 is 0 Å². The Kier molecular flexibility index (Phi) is 48.8. The second-order valence-corrected chi connectivity index (χ2v) is 33.0. The highest BCUT2D eigenvalue weighted by Crippen LogP contribution is 2.31. The highest BCUT2D eigenvalue weighted by atomic mass is 16.5. The van der Waals surface area contributed by atoms with Gasteiger partial charge in [-0.1, -0.05) is 147 Å². The van der Waals surface area contributed by atoms with E-state index in [1.807, 2.05) is 54.5 Å². The molecule has 1 saturated heterocycles. The number of nitrogens with one attached hydrogen (secondary N) is 3. The lowest BCUT2D eigenvalue weighted by Crippen LogP contribution is -2.54. The highest BCUT2D eigenvalue weighted by molar-refractivity contribution is 5.99. The van der Waals surface area contributed by atoms with E-state index in [2.05, 4.69) is 41.9 Å². The van der Waals surface area contributed by atoms with Crippen molar-refractivity contribution < 1.29 is 88.1 Å². The Bertz CT molecular complexity index is 2850. The van der Waals surface area contributed by atoms with Crippen molar-refractivity contribution in [2.24, 2.45) is 70.5 Å². The molecule has 1 heterocycles. The summed E-state index contributed by atoms with van der Waals surface area (Å²) in [6.45, 7) is 33.0. The molecule has 1 aliphatic rings. The number of aliphatic hydroxyl groups excluding tert-OH is 6. The zero-order valence-electron chi connectivity index (χ0n) is 70.4. The summed E-state index contributed by atoms with van der Waals surface area (Å²) in [5, 5.41) is 68.1. The second kappa shape index (κ2) is 51.6. The number of hydrogen-bond donors (Lipinski definition) is 9. The van der Waals surface area contributed by atoms with Crippen LogP contribution in [0.2, 0.25) is 0 Å². The molecule has 0 saturated carbocycles. The van der Waals surface area contributed by atoms with Crippen LogP contribution in [0.3, 0.4) is 0 Å². The lowest BCUT2D eigenvalue weighted by atomic mass is 9.82. The molecule has 0 radical (unpaired) electrons. The fourth-order valence-electron chi connectivity index (χ4n) is 13.7. The highest BCUT2D eigenvalue weighted by Gasteiger charge is 2.44. The Hall–Kier alpha value is -5.93. The number of aliphatic hydroxyl groups is 6. The largest absolute Gasteiger partial charge is 0.396 e. The molecular formula is C83H147N7O18. The van der Waals surface area contributed by atoms with E-state index in [1.54, 1.807) is 73.6 Å². The van der Waals surface area contributed by atoms with Crippen LogP contribution in [0.1, 0.15) is 228 Å². The maximum Gasteiger partial charge on any atom is 0.245 e. The van der Waals surface area contributed by atoms with Crippen LogP contribution in [-0.2, 0) is 57.5 Å². The molecule has 0 bridgehead atoms. The summed E-state index contributed by atoms with van der Waals surface area (Å²) in [6, 6.07) is -6.93. The summed E-state index contributed by atoms with van der Waals surface area (Å²) in [4.78, 5) is 166. The minimum Gasteiger partial charge on any atom is -0.396 e. The monoisotopic (exact) mass is 1530 g/mol. The number of hydrogen-bond acceptors (Lipinski definition) is 19. The maximum absolute atomic E-state index is 15.0. The molecule has 0 aromatic carbocycles. The minimum absolute atomic E-state index is 0.0506. The third-order valence-corrected chi connectivity index (χ3v) is 21.2. The van der Waals surface area contributed by atoms with Crippen LogP contribution in [0.25, 0.3) is 0 Å². The summed E-state index contributed by atoms with van der Waals surface area (Å²) >= 11 is 0. The average molecular weight is 1530 g/mol. The third kappa shape index (κ3) is 34.0. The molecule has 0 aliphatic carbocycles. The summed E-state index contributed by atoms with van der Waals surface area (Å²) in [5.74, 6) is -11.9. The molecule has 9 N–H and O–H groups in total. The van der Waals surface area contributed by atoms with Crippen molar-refractivity contribution in [1.82, 2.24) is 35.6 Å². The molecule has 13 atom stereocenters. The van der Waals surface area contributed by atoms with Gasteiger partial charge in [0.2, 0.25) is 35.4 Å².